The minimum absolute atomic E-state index is 0.0613. The number of ether oxygens (including phenoxy) is 1. The molecule has 1 amide bonds. The Morgan fingerprint density at radius 2 is 1.67 bits per heavy atom. The lowest BCUT2D eigenvalue weighted by atomic mass is 9.42. The summed E-state index contributed by atoms with van der Waals surface area (Å²) >= 11 is 0. The first-order chi connectivity index (χ1) is 16.0. The molecule has 0 spiro atoms. The topological polar surface area (TPSA) is 29.5 Å². The Balaban J connectivity index is 1.19. The molecule has 4 saturated carbocycles. The molecule has 0 aromatic carbocycles. The van der Waals surface area contributed by atoms with Gasteiger partial charge in [-0.05, 0) is 123 Å². The minimum atomic E-state index is -0.0613. The summed E-state index contributed by atoms with van der Waals surface area (Å²) in [4.78, 5) is 14.3. The van der Waals surface area contributed by atoms with Crippen LogP contribution in [0.2, 0.25) is 0 Å². The summed E-state index contributed by atoms with van der Waals surface area (Å²) in [6.07, 6.45) is 20.5. The summed E-state index contributed by atoms with van der Waals surface area (Å²) in [5, 5.41) is 0. The molecule has 188 valence electrons. The van der Waals surface area contributed by atoms with Gasteiger partial charge in [0.2, 0.25) is 0 Å². The number of hydrogen-bond donors (Lipinski definition) is 0. The molecule has 5 rings (SSSR count). The third-order valence-corrected chi connectivity index (χ3v) is 12.0. The quantitative estimate of drug-likeness (QED) is 0.391. The highest BCUT2D eigenvalue weighted by Gasteiger charge is 2.60. The lowest BCUT2D eigenvalue weighted by Gasteiger charge is -2.62. The standard InChI is InChI=1S/C30H51NO2/c1-4-22-21-24-26-14-13-23(11-10-20-33-28(32)31-18-8-5-9-19-31)29(26,2)17-15-27(24)30(3)16-7-6-12-25(22)30/h22-27H,4-21H2,1-3H3/t22-,23?,24?,25?,26?,27-,29?,30?/m0/s1. The van der Waals surface area contributed by atoms with E-state index in [2.05, 4.69) is 20.8 Å². The predicted molar refractivity (Wildman–Crippen MR) is 135 cm³/mol. The molecule has 5 fully saturated rings. The summed E-state index contributed by atoms with van der Waals surface area (Å²) in [6.45, 7) is 10.3. The van der Waals surface area contributed by atoms with E-state index in [1.807, 2.05) is 4.90 Å². The summed E-state index contributed by atoms with van der Waals surface area (Å²) in [5.41, 5.74) is 1.16. The number of rotatable bonds is 5. The molecule has 0 radical (unpaired) electrons. The van der Waals surface area contributed by atoms with Gasteiger partial charge in [-0.1, -0.05) is 40.0 Å². The van der Waals surface area contributed by atoms with Crippen LogP contribution in [0.5, 0.6) is 0 Å². The van der Waals surface area contributed by atoms with Crippen LogP contribution in [0.15, 0.2) is 0 Å². The fourth-order valence-electron chi connectivity index (χ4n) is 10.3. The molecule has 1 aliphatic heterocycles. The highest BCUT2D eigenvalue weighted by Crippen LogP contribution is 2.69. The predicted octanol–water partition coefficient (Wildman–Crippen LogP) is 8.07. The van der Waals surface area contributed by atoms with Crippen molar-refractivity contribution in [3.8, 4) is 0 Å². The van der Waals surface area contributed by atoms with Crippen molar-refractivity contribution in [3.63, 3.8) is 0 Å². The van der Waals surface area contributed by atoms with Crippen molar-refractivity contribution >= 4 is 6.09 Å². The Morgan fingerprint density at radius 3 is 2.45 bits per heavy atom. The van der Waals surface area contributed by atoms with Gasteiger partial charge in [-0.15, -0.1) is 0 Å². The van der Waals surface area contributed by atoms with Crippen LogP contribution in [0.3, 0.4) is 0 Å². The second-order valence-corrected chi connectivity index (χ2v) is 13.3. The van der Waals surface area contributed by atoms with Crippen LogP contribution in [0.1, 0.15) is 117 Å². The van der Waals surface area contributed by atoms with E-state index >= 15 is 0 Å². The molecule has 6 unspecified atom stereocenters. The van der Waals surface area contributed by atoms with Gasteiger partial charge in [-0.3, -0.25) is 0 Å². The largest absolute Gasteiger partial charge is 0.449 e. The van der Waals surface area contributed by atoms with E-state index in [4.69, 9.17) is 4.74 Å². The Kier molecular flexibility index (Phi) is 7.07. The first-order valence-corrected chi connectivity index (χ1v) is 14.9. The highest BCUT2D eigenvalue weighted by molar-refractivity contribution is 5.67. The molecule has 8 atom stereocenters. The van der Waals surface area contributed by atoms with Gasteiger partial charge in [0.15, 0.2) is 0 Å². The number of carbonyl (C=O) groups excluding carboxylic acids is 1. The third kappa shape index (κ3) is 4.26. The van der Waals surface area contributed by atoms with Gasteiger partial charge >= 0.3 is 6.09 Å². The van der Waals surface area contributed by atoms with Gasteiger partial charge in [0.25, 0.3) is 0 Å². The number of amides is 1. The fourth-order valence-corrected chi connectivity index (χ4v) is 10.3. The SMILES string of the molecule is CC[C@H]1CC2C3CCC(CCCOC(=O)N4CCCCC4)C3(C)CC[C@@H]2C2(C)CCCCC12. The van der Waals surface area contributed by atoms with Crippen molar-refractivity contribution in [2.45, 2.75) is 117 Å². The van der Waals surface area contributed by atoms with Gasteiger partial charge < -0.3 is 9.64 Å². The van der Waals surface area contributed by atoms with Crippen LogP contribution in [0, 0.1) is 46.3 Å². The Bertz CT molecular complexity index is 687. The van der Waals surface area contributed by atoms with E-state index in [9.17, 15) is 4.79 Å². The summed E-state index contributed by atoms with van der Waals surface area (Å²) in [5.74, 6) is 5.75. The molecule has 0 N–H and O–H groups in total. The van der Waals surface area contributed by atoms with Crippen LogP contribution >= 0.6 is 0 Å². The van der Waals surface area contributed by atoms with Gasteiger partial charge in [0, 0.05) is 13.1 Å². The Morgan fingerprint density at radius 1 is 0.879 bits per heavy atom. The molecular weight excluding hydrogens is 406 g/mol. The van der Waals surface area contributed by atoms with Crippen molar-refractivity contribution in [3.05, 3.63) is 0 Å². The van der Waals surface area contributed by atoms with Crippen molar-refractivity contribution in [1.29, 1.82) is 0 Å². The van der Waals surface area contributed by atoms with Crippen LogP contribution < -0.4 is 0 Å². The number of carbonyl (C=O) groups is 1. The monoisotopic (exact) mass is 457 g/mol. The lowest BCUT2D eigenvalue weighted by molar-refractivity contribution is -0.135. The number of hydrogen-bond acceptors (Lipinski definition) is 2. The molecular formula is C30H51NO2. The average molecular weight is 458 g/mol. The number of fused-ring (bicyclic) bond motifs is 5. The summed E-state index contributed by atoms with van der Waals surface area (Å²) < 4.78 is 5.68. The number of likely N-dealkylation sites (tertiary alicyclic amines) is 1. The first-order valence-electron chi connectivity index (χ1n) is 14.9. The molecule has 1 heterocycles. The van der Waals surface area contributed by atoms with Crippen molar-refractivity contribution in [2.75, 3.05) is 19.7 Å². The maximum absolute atomic E-state index is 12.4. The molecule has 4 aliphatic carbocycles. The molecule has 3 nitrogen and oxygen atoms in total. The van der Waals surface area contributed by atoms with Gasteiger partial charge in [-0.25, -0.2) is 4.79 Å². The van der Waals surface area contributed by atoms with E-state index in [1.54, 1.807) is 0 Å². The minimum Gasteiger partial charge on any atom is -0.449 e. The highest BCUT2D eigenvalue weighted by atomic mass is 16.6. The summed E-state index contributed by atoms with van der Waals surface area (Å²) in [6, 6.07) is 0. The van der Waals surface area contributed by atoms with Crippen LogP contribution in [0.4, 0.5) is 4.79 Å². The van der Waals surface area contributed by atoms with Crippen LogP contribution in [-0.2, 0) is 4.74 Å². The van der Waals surface area contributed by atoms with Gasteiger partial charge in [0.1, 0.15) is 0 Å². The van der Waals surface area contributed by atoms with Gasteiger partial charge in [-0.2, -0.15) is 0 Å². The Hall–Kier alpha value is -0.730. The zero-order valence-electron chi connectivity index (χ0n) is 22.0. The van der Waals surface area contributed by atoms with Crippen molar-refractivity contribution in [2.24, 2.45) is 46.3 Å². The zero-order chi connectivity index (χ0) is 23.1. The molecule has 1 saturated heterocycles. The molecule has 5 aliphatic rings. The van der Waals surface area contributed by atoms with Gasteiger partial charge in [0.05, 0.1) is 6.61 Å². The summed E-state index contributed by atoms with van der Waals surface area (Å²) in [7, 11) is 0. The maximum Gasteiger partial charge on any atom is 0.409 e. The average Bonchev–Trinajstić information content (AvgIpc) is 3.17. The first kappa shape index (κ1) is 24.0. The van der Waals surface area contributed by atoms with E-state index in [0.29, 0.717) is 17.4 Å². The molecule has 33 heavy (non-hydrogen) atoms. The molecule has 0 aromatic rings. The van der Waals surface area contributed by atoms with Crippen LogP contribution in [-0.4, -0.2) is 30.7 Å². The van der Waals surface area contributed by atoms with E-state index in [0.717, 1.165) is 67.9 Å². The Labute approximate surface area is 203 Å². The number of piperidine rings is 1. The fraction of sp³-hybridized carbons (Fsp3) is 0.967. The van der Waals surface area contributed by atoms with E-state index < -0.39 is 0 Å². The van der Waals surface area contributed by atoms with E-state index in [-0.39, 0.29) is 6.09 Å². The lowest BCUT2D eigenvalue weighted by Crippen LogP contribution is -2.55. The zero-order valence-corrected chi connectivity index (χ0v) is 22.0. The normalized spacial score (nSPS) is 45.1. The second kappa shape index (κ2) is 9.73. The molecule has 0 aromatic heterocycles. The second-order valence-electron chi connectivity index (χ2n) is 13.3. The van der Waals surface area contributed by atoms with Crippen molar-refractivity contribution in [1.82, 2.24) is 4.90 Å². The number of nitrogens with zero attached hydrogens (tertiary/aromatic N) is 1. The molecule has 3 heteroatoms. The maximum atomic E-state index is 12.4. The third-order valence-electron chi connectivity index (χ3n) is 12.0. The van der Waals surface area contributed by atoms with Crippen molar-refractivity contribution < 1.29 is 9.53 Å². The smallest absolute Gasteiger partial charge is 0.409 e. The molecule has 0 bridgehead atoms. The van der Waals surface area contributed by atoms with E-state index in [1.165, 1.54) is 77.0 Å². The van der Waals surface area contributed by atoms with Crippen LogP contribution in [0.25, 0.3) is 0 Å².